The highest BCUT2D eigenvalue weighted by atomic mass is 19.3. The van der Waals surface area contributed by atoms with Crippen LogP contribution in [0.25, 0.3) is 0 Å². The Morgan fingerprint density at radius 2 is 1.92 bits per heavy atom. The summed E-state index contributed by atoms with van der Waals surface area (Å²) < 4.78 is 36.3. The molecular formula is C27H29F2N3O5. The minimum atomic E-state index is -2.98. The molecule has 0 aromatic heterocycles. The number of fused-ring (bicyclic) bond motifs is 1. The number of rotatable bonds is 9. The molecule has 2 heterocycles. The Labute approximate surface area is 213 Å². The maximum atomic E-state index is 13.7. The standard InChI is InChI=1S/C27H29F2N3O5/c1-14(33)32-12-19(16-5-7-22(37-27(28)29)23(10-16)36-13-15-2-3-15)9-21(32)25(34)24-20-6-4-17(26(30)35)8-18(20)11-31-24/h4-8,10,15,19,21,24,27,31H,2-3,9,11-13H2,1H3,(H2,30,35)/t19?,21-,24?/m1/s1. The van der Waals surface area contributed by atoms with Gasteiger partial charge in [0.25, 0.3) is 0 Å². The normalized spacial score (nSPS) is 22.7. The highest BCUT2D eigenvalue weighted by Crippen LogP contribution is 2.40. The van der Waals surface area contributed by atoms with E-state index in [1.54, 1.807) is 35.2 Å². The van der Waals surface area contributed by atoms with E-state index < -0.39 is 24.6 Å². The Morgan fingerprint density at radius 1 is 1.14 bits per heavy atom. The third-order valence-electron chi connectivity index (χ3n) is 7.38. The summed E-state index contributed by atoms with van der Waals surface area (Å²) in [4.78, 5) is 39.3. The second kappa shape index (κ2) is 10.1. The number of carbonyl (C=O) groups excluding carboxylic acids is 3. The lowest BCUT2D eigenvalue weighted by molar-refractivity contribution is -0.136. The van der Waals surface area contributed by atoms with E-state index in [-0.39, 0.29) is 29.1 Å². The van der Waals surface area contributed by atoms with E-state index in [0.717, 1.165) is 29.5 Å². The van der Waals surface area contributed by atoms with Crippen LogP contribution in [-0.2, 0) is 16.1 Å². The summed E-state index contributed by atoms with van der Waals surface area (Å²) in [6.45, 7) is -0.378. The molecular weight excluding hydrogens is 484 g/mol. The van der Waals surface area contributed by atoms with E-state index in [1.807, 2.05) is 0 Å². The van der Waals surface area contributed by atoms with Crippen LogP contribution in [0.2, 0.25) is 0 Å². The highest BCUT2D eigenvalue weighted by molar-refractivity contribution is 5.96. The Morgan fingerprint density at radius 3 is 2.59 bits per heavy atom. The van der Waals surface area contributed by atoms with Crippen LogP contribution in [0.5, 0.6) is 11.5 Å². The summed E-state index contributed by atoms with van der Waals surface area (Å²) in [6, 6.07) is 8.58. The van der Waals surface area contributed by atoms with Crippen LogP contribution < -0.4 is 20.5 Å². The number of ketones is 1. The van der Waals surface area contributed by atoms with Crippen molar-refractivity contribution in [2.75, 3.05) is 13.2 Å². The predicted molar refractivity (Wildman–Crippen MR) is 129 cm³/mol. The molecule has 0 radical (unpaired) electrons. The molecule has 2 aromatic carbocycles. The van der Waals surface area contributed by atoms with E-state index in [0.29, 0.717) is 37.6 Å². The molecule has 1 aliphatic carbocycles. The van der Waals surface area contributed by atoms with Gasteiger partial charge in [-0.15, -0.1) is 0 Å². The number of hydrogen-bond donors (Lipinski definition) is 2. The van der Waals surface area contributed by atoms with E-state index in [1.165, 1.54) is 13.0 Å². The minimum absolute atomic E-state index is 0.0319. The van der Waals surface area contributed by atoms with E-state index in [9.17, 15) is 23.2 Å². The zero-order valence-corrected chi connectivity index (χ0v) is 20.4. The maximum absolute atomic E-state index is 13.7. The summed E-state index contributed by atoms with van der Waals surface area (Å²) in [5, 5.41) is 3.20. The second-order valence-corrected chi connectivity index (χ2v) is 9.95. The van der Waals surface area contributed by atoms with Crippen molar-refractivity contribution >= 4 is 17.6 Å². The lowest BCUT2D eigenvalue weighted by Crippen LogP contribution is -2.43. The van der Waals surface area contributed by atoms with Crippen LogP contribution in [0.3, 0.4) is 0 Å². The van der Waals surface area contributed by atoms with Crippen molar-refractivity contribution < 1.29 is 32.6 Å². The molecule has 1 saturated heterocycles. The van der Waals surface area contributed by atoms with Crippen molar-refractivity contribution in [2.45, 2.75) is 57.3 Å². The minimum Gasteiger partial charge on any atom is -0.489 e. The van der Waals surface area contributed by atoms with Gasteiger partial charge in [0, 0.05) is 31.5 Å². The molecule has 0 spiro atoms. The third kappa shape index (κ3) is 5.29. The average Bonchev–Trinajstić information content (AvgIpc) is 3.42. The molecule has 10 heteroatoms. The number of alkyl halides is 2. The SMILES string of the molecule is CC(=O)N1CC(c2ccc(OC(F)F)c(OCC3CC3)c2)C[C@@H]1C(=O)C1NCc2cc(C(N)=O)ccc21. The first kappa shape index (κ1) is 25.1. The van der Waals surface area contributed by atoms with Gasteiger partial charge in [0.05, 0.1) is 18.7 Å². The number of nitrogens with one attached hydrogen (secondary N) is 1. The molecule has 3 N–H and O–H groups in total. The number of primary amides is 1. The van der Waals surface area contributed by atoms with Crippen LogP contribution in [0, 0.1) is 5.92 Å². The number of carbonyl (C=O) groups is 3. The van der Waals surface area contributed by atoms with Gasteiger partial charge >= 0.3 is 6.61 Å². The molecule has 2 aliphatic heterocycles. The fourth-order valence-electron chi connectivity index (χ4n) is 5.23. The van der Waals surface area contributed by atoms with Gasteiger partial charge in [0.1, 0.15) is 0 Å². The molecule has 2 aromatic rings. The van der Waals surface area contributed by atoms with Crippen molar-refractivity contribution in [2.24, 2.45) is 11.7 Å². The summed E-state index contributed by atoms with van der Waals surface area (Å²) in [7, 11) is 0. The van der Waals surface area contributed by atoms with E-state index in [2.05, 4.69) is 10.1 Å². The first-order valence-electron chi connectivity index (χ1n) is 12.4. The number of likely N-dealkylation sites (tertiary alicyclic amines) is 1. The lowest BCUT2D eigenvalue weighted by atomic mass is 9.91. The zero-order chi connectivity index (χ0) is 26.3. The molecule has 8 nitrogen and oxygen atoms in total. The number of ether oxygens (including phenoxy) is 2. The van der Waals surface area contributed by atoms with Crippen LogP contribution in [0.4, 0.5) is 8.78 Å². The van der Waals surface area contributed by atoms with Gasteiger partial charge in [0.15, 0.2) is 17.3 Å². The van der Waals surface area contributed by atoms with Gasteiger partial charge in [-0.05, 0) is 66.1 Å². The molecule has 5 rings (SSSR count). The van der Waals surface area contributed by atoms with E-state index in [4.69, 9.17) is 10.5 Å². The first-order valence-corrected chi connectivity index (χ1v) is 12.4. The molecule has 2 amide bonds. The zero-order valence-electron chi connectivity index (χ0n) is 20.4. The maximum Gasteiger partial charge on any atom is 0.387 e. The van der Waals surface area contributed by atoms with Gasteiger partial charge < -0.3 is 20.1 Å². The molecule has 37 heavy (non-hydrogen) atoms. The molecule has 2 fully saturated rings. The Hall–Kier alpha value is -3.53. The molecule has 0 bridgehead atoms. The fraction of sp³-hybridized carbons (Fsp3) is 0.444. The summed E-state index contributed by atoms with van der Waals surface area (Å²) in [5.74, 6) is -0.437. The van der Waals surface area contributed by atoms with Crippen LogP contribution in [0.15, 0.2) is 36.4 Å². The number of benzene rings is 2. The Balaban J connectivity index is 1.37. The number of nitrogens with two attached hydrogens (primary N) is 1. The average molecular weight is 514 g/mol. The number of nitrogens with zero attached hydrogens (tertiary/aromatic N) is 1. The number of halogens is 2. The molecule has 196 valence electrons. The molecule has 3 atom stereocenters. The van der Waals surface area contributed by atoms with Crippen molar-refractivity contribution in [3.8, 4) is 11.5 Å². The van der Waals surface area contributed by atoms with Gasteiger partial charge in [-0.1, -0.05) is 12.1 Å². The Bertz CT molecular complexity index is 1230. The first-order chi connectivity index (χ1) is 17.7. The Kier molecular flexibility index (Phi) is 6.85. The van der Waals surface area contributed by atoms with Crippen molar-refractivity contribution in [1.82, 2.24) is 10.2 Å². The third-order valence-corrected chi connectivity index (χ3v) is 7.38. The van der Waals surface area contributed by atoms with E-state index >= 15 is 0 Å². The predicted octanol–water partition coefficient (Wildman–Crippen LogP) is 3.29. The number of amides is 2. The van der Waals surface area contributed by atoms with Crippen LogP contribution in [0.1, 0.15) is 65.2 Å². The van der Waals surface area contributed by atoms with Crippen molar-refractivity contribution in [1.29, 1.82) is 0 Å². The largest absolute Gasteiger partial charge is 0.489 e. The highest BCUT2D eigenvalue weighted by Gasteiger charge is 2.43. The van der Waals surface area contributed by atoms with Gasteiger partial charge in [-0.25, -0.2) is 0 Å². The van der Waals surface area contributed by atoms with Gasteiger partial charge in [0.2, 0.25) is 11.8 Å². The molecule has 1 saturated carbocycles. The second-order valence-electron chi connectivity index (χ2n) is 9.95. The lowest BCUT2D eigenvalue weighted by Gasteiger charge is -2.25. The topological polar surface area (TPSA) is 111 Å². The van der Waals surface area contributed by atoms with Gasteiger partial charge in [-0.3, -0.25) is 19.7 Å². The summed E-state index contributed by atoms with van der Waals surface area (Å²) in [5.41, 5.74) is 8.14. The number of Topliss-reactive ketones (excluding diaryl/α,β-unsaturated/α-hetero) is 1. The number of hydrogen-bond acceptors (Lipinski definition) is 6. The van der Waals surface area contributed by atoms with Crippen LogP contribution >= 0.6 is 0 Å². The van der Waals surface area contributed by atoms with Crippen LogP contribution in [-0.4, -0.2) is 48.3 Å². The van der Waals surface area contributed by atoms with Gasteiger partial charge in [-0.2, -0.15) is 8.78 Å². The molecule has 2 unspecified atom stereocenters. The monoisotopic (exact) mass is 513 g/mol. The van der Waals surface area contributed by atoms with Crippen molar-refractivity contribution in [3.05, 3.63) is 58.7 Å². The summed E-state index contributed by atoms with van der Waals surface area (Å²) in [6.07, 6.45) is 2.49. The smallest absolute Gasteiger partial charge is 0.387 e. The quantitative estimate of drug-likeness (QED) is 0.533. The van der Waals surface area contributed by atoms with Crippen molar-refractivity contribution in [3.63, 3.8) is 0 Å². The summed E-state index contributed by atoms with van der Waals surface area (Å²) >= 11 is 0. The fourth-order valence-corrected chi connectivity index (χ4v) is 5.23. The molecule has 3 aliphatic rings.